The molecule has 0 amide bonds. The summed E-state index contributed by atoms with van der Waals surface area (Å²) in [5, 5.41) is 11.3. The van der Waals surface area contributed by atoms with Gasteiger partial charge in [0.15, 0.2) is 12.1 Å². The summed E-state index contributed by atoms with van der Waals surface area (Å²) in [6.45, 7) is 15.2. The first kappa shape index (κ1) is 38.9. The zero-order valence-corrected chi connectivity index (χ0v) is 31.2. The molecule has 0 bridgehead atoms. The average Bonchev–Trinajstić information content (AvgIpc) is 3.04. The molecule has 0 unspecified atom stereocenters. The van der Waals surface area contributed by atoms with E-state index in [4.69, 9.17) is 18.9 Å². The van der Waals surface area contributed by atoms with Crippen LogP contribution in [0.25, 0.3) is 0 Å². The van der Waals surface area contributed by atoms with Crippen molar-refractivity contribution in [2.45, 2.75) is 122 Å². The number of esters is 1. The van der Waals surface area contributed by atoms with Gasteiger partial charge >= 0.3 is 5.97 Å². The molecular formula is C38H63N3O7. The number of Topliss-reactive ketones (excluding diaryl/α,β-unsaturated/α-hetero) is 1. The molecule has 9 atom stereocenters. The van der Waals surface area contributed by atoms with Gasteiger partial charge in [-0.2, -0.15) is 0 Å². The van der Waals surface area contributed by atoms with Gasteiger partial charge in [0.1, 0.15) is 18.1 Å². The van der Waals surface area contributed by atoms with Crippen LogP contribution in [0.1, 0.15) is 78.4 Å². The molecule has 3 aliphatic rings. The lowest BCUT2D eigenvalue weighted by atomic mass is 9.74. The Labute approximate surface area is 289 Å². The zero-order chi connectivity index (χ0) is 35.4. The molecule has 0 saturated carbocycles. The van der Waals surface area contributed by atoms with Crippen LogP contribution in [0.2, 0.25) is 0 Å². The number of methoxy groups -OCH3 is 1. The number of likely N-dealkylation sites (N-methyl/N-ethyl adjacent to an activating group) is 2. The Kier molecular flexibility index (Phi) is 13.3. The molecule has 3 aliphatic heterocycles. The molecule has 1 aromatic carbocycles. The third kappa shape index (κ3) is 9.05. The number of benzene rings is 1. The lowest BCUT2D eigenvalue weighted by molar-refractivity contribution is -0.295. The van der Waals surface area contributed by atoms with Crippen LogP contribution in [0.5, 0.6) is 0 Å². The Balaban J connectivity index is 1.54. The first-order chi connectivity index (χ1) is 22.6. The Bertz CT molecular complexity index is 1230. The van der Waals surface area contributed by atoms with E-state index in [0.29, 0.717) is 12.8 Å². The SMILES string of the molecule is CO[C@]1(C)C[C@@H](C)CN(C)[C@@H](CCCN2CCc3ccccc3C2)COC(=O)C(C)(C)C(=O)[C@H](C)[C@H]1O[C@@H]1O[C@H](C)C[C@H](N(C)C)[C@H]1O. The fourth-order valence-corrected chi connectivity index (χ4v) is 8.19. The summed E-state index contributed by atoms with van der Waals surface area (Å²) < 4.78 is 25.0. The number of ketones is 1. The highest BCUT2D eigenvalue weighted by atomic mass is 16.7. The minimum absolute atomic E-state index is 0.00800. The van der Waals surface area contributed by atoms with Gasteiger partial charge in [-0.15, -0.1) is 0 Å². The van der Waals surface area contributed by atoms with E-state index in [9.17, 15) is 14.7 Å². The predicted octanol–water partition coefficient (Wildman–Crippen LogP) is 4.16. The van der Waals surface area contributed by atoms with Crippen molar-refractivity contribution in [3.05, 3.63) is 35.4 Å². The fourth-order valence-electron chi connectivity index (χ4n) is 8.19. The van der Waals surface area contributed by atoms with Crippen molar-refractivity contribution in [1.82, 2.24) is 14.7 Å². The highest BCUT2D eigenvalue weighted by Crippen LogP contribution is 2.38. The highest BCUT2D eigenvalue weighted by molar-refractivity contribution is 6.04. The van der Waals surface area contributed by atoms with Gasteiger partial charge in [-0.3, -0.25) is 19.4 Å². The summed E-state index contributed by atoms with van der Waals surface area (Å²) >= 11 is 0. The van der Waals surface area contributed by atoms with Gasteiger partial charge in [0, 0.05) is 44.7 Å². The standard InChI is InChI=1S/C38H63N3O7/c1-25-21-38(6,45-10)34(48-35-32(42)31(39(7)8)20-26(2)47-35)27(3)33(43)37(4,5)36(44)46-24-30(40(9)22-25)16-13-18-41-19-17-28-14-11-12-15-29(28)23-41/h11-12,14-15,25-27,30-32,34-35,42H,13,16-24H2,1-10H3/t25-,26-,27+,30+,31+,32-,34-,35+,38-/m1/s1. The molecule has 2 saturated heterocycles. The number of aliphatic hydroxyl groups excluding tert-OH is 1. The van der Waals surface area contributed by atoms with Gasteiger partial charge in [0.25, 0.3) is 0 Å². The van der Waals surface area contributed by atoms with Gasteiger partial charge in [0.2, 0.25) is 0 Å². The van der Waals surface area contributed by atoms with Crippen molar-refractivity contribution in [3.8, 4) is 0 Å². The van der Waals surface area contributed by atoms with Crippen LogP contribution in [-0.2, 0) is 41.5 Å². The molecule has 2 fully saturated rings. The van der Waals surface area contributed by atoms with Crippen LogP contribution < -0.4 is 0 Å². The van der Waals surface area contributed by atoms with Crippen LogP contribution in [0, 0.1) is 17.3 Å². The molecule has 10 heteroatoms. The molecule has 4 rings (SSSR count). The highest BCUT2D eigenvalue weighted by Gasteiger charge is 2.51. The molecule has 0 spiro atoms. The molecule has 10 nitrogen and oxygen atoms in total. The van der Waals surface area contributed by atoms with Crippen molar-refractivity contribution in [2.24, 2.45) is 17.3 Å². The summed E-state index contributed by atoms with van der Waals surface area (Å²) in [4.78, 5) is 34.7. The van der Waals surface area contributed by atoms with E-state index in [-0.39, 0.29) is 36.5 Å². The second kappa shape index (κ2) is 16.4. The Morgan fingerprint density at radius 3 is 2.44 bits per heavy atom. The molecule has 272 valence electrons. The van der Waals surface area contributed by atoms with Crippen LogP contribution in [0.15, 0.2) is 24.3 Å². The molecule has 0 aliphatic carbocycles. The second-order valence-corrected chi connectivity index (χ2v) is 15.9. The summed E-state index contributed by atoms with van der Waals surface area (Å²) in [6, 6.07) is 8.53. The maximum absolute atomic E-state index is 14.3. The number of nitrogens with zero attached hydrogens (tertiary/aromatic N) is 3. The number of hydrogen-bond acceptors (Lipinski definition) is 10. The van der Waals surface area contributed by atoms with Crippen LogP contribution in [0.3, 0.4) is 0 Å². The van der Waals surface area contributed by atoms with Crippen LogP contribution >= 0.6 is 0 Å². The van der Waals surface area contributed by atoms with Crippen molar-refractivity contribution >= 4 is 11.8 Å². The van der Waals surface area contributed by atoms with Crippen LogP contribution in [-0.4, -0.2) is 128 Å². The van der Waals surface area contributed by atoms with Crippen LogP contribution in [0.4, 0.5) is 0 Å². The summed E-state index contributed by atoms with van der Waals surface area (Å²) in [6.07, 6.45) is 1.34. The molecule has 48 heavy (non-hydrogen) atoms. The van der Waals surface area contributed by atoms with Gasteiger partial charge in [-0.1, -0.05) is 38.1 Å². The number of fused-ring (bicyclic) bond motifs is 1. The van der Waals surface area contributed by atoms with Gasteiger partial charge in [-0.05, 0) is 105 Å². The van der Waals surface area contributed by atoms with E-state index in [1.54, 1.807) is 27.9 Å². The maximum atomic E-state index is 14.3. The summed E-state index contributed by atoms with van der Waals surface area (Å²) in [7, 11) is 7.60. The molecule has 0 radical (unpaired) electrons. The third-order valence-electron chi connectivity index (χ3n) is 11.2. The lowest BCUT2D eigenvalue weighted by Gasteiger charge is -2.47. The molecule has 3 heterocycles. The van der Waals surface area contributed by atoms with E-state index >= 15 is 0 Å². The van der Waals surface area contributed by atoms with Gasteiger partial charge in [-0.25, -0.2) is 0 Å². The normalized spacial score (nSPS) is 36.1. The largest absolute Gasteiger partial charge is 0.463 e. The minimum atomic E-state index is -1.41. The van der Waals surface area contributed by atoms with E-state index < -0.39 is 41.4 Å². The van der Waals surface area contributed by atoms with Gasteiger partial charge in [0.05, 0.1) is 17.8 Å². The fraction of sp³-hybridized carbons (Fsp3) is 0.789. The Morgan fingerprint density at radius 2 is 1.77 bits per heavy atom. The number of rotatable bonds is 8. The second-order valence-electron chi connectivity index (χ2n) is 15.9. The monoisotopic (exact) mass is 673 g/mol. The number of hydrogen-bond donors (Lipinski definition) is 1. The topological polar surface area (TPSA) is 101 Å². The first-order valence-electron chi connectivity index (χ1n) is 18.0. The molecule has 0 aromatic heterocycles. The average molecular weight is 674 g/mol. The first-order valence-corrected chi connectivity index (χ1v) is 18.0. The predicted molar refractivity (Wildman–Crippen MR) is 186 cm³/mol. The number of carbonyl (C=O) groups excluding carboxylic acids is 2. The molecule has 1 aromatic rings. The Morgan fingerprint density at radius 1 is 1.08 bits per heavy atom. The minimum Gasteiger partial charge on any atom is -0.463 e. The molecule has 1 N–H and O–H groups in total. The summed E-state index contributed by atoms with van der Waals surface area (Å²) in [5.41, 5.74) is 0.528. The quantitative estimate of drug-likeness (QED) is 0.320. The number of ether oxygens (including phenoxy) is 4. The number of aliphatic hydroxyl groups is 1. The van der Waals surface area contributed by atoms with Gasteiger partial charge < -0.3 is 29.0 Å². The van der Waals surface area contributed by atoms with E-state index in [1.165, 1.54) is 11.1 Å². The van der Waals surface area contributed by atoms with Crippen molar-refractivity contribution < 1.29 is 33.6 Å². The molecular weight excluding hydrogens is 610 g/mol. The van der Waals surface area contributed by atoms with E-state index in [0.717, 1.165) is 45.4 Å². The number of carbonyl (C=O) groups is 2. The summed E-state index contributed by atoms with van der Waals surface area (Å²) in [5.74, 6) is -1.42. The van der Waals surface area contributed by atoms with Crippen molar-refractivity contribution in [2.75, 3.05) is 54.5 Å². The van der Waals surface area contributed by atoms with E-state index in [1.807, 2.05) is 32.8 Å². The number of cyclic esters (lactones) is 1. The van der Waals surface area contributed by atoms with Crippen molar-refractivity contribution in [1.29, 1.82) is 0 Å². The lowest BCUT2D eigenvalue weighted by Crippen LogP contribution is -2.59. The smallest absolute Gasteiger partial charge is 0.319 e. The third-order valence-corrected chi connectivity index (χ3v) is 11.2. The maximum Gasteiger partial charge on any atom is 0.319 e. The zero-order valence-electron chi connectivity index (χ0n) is 31.2. The Hall–Kier alpha value is -1.92. The van der Waals surface area contributed by atoms with Crippen molar-refractivity contribution in [3.63, 3.8) is 0 Å². The van der Waals surface area contributed by atoms with E-state index in [2.05, 4.69) is 48.0 Å².